The first-order valence-electron chi connectivity index (χ1n) is 5.04. The lowest BCUT2D eigenvalue weighted by molar-refractivity contribution is 0.460. The molecule has 1 saturated carbocycles. The minimum Gasteiger partial charge on any atom is -0.321 e. The van der Waals surface area contributed by atoms with E-state index in [4.69, 9.17) is 17.3 Å². The summed E-state index contributed by atoms with van der Waals surface area (Å²) in [5.41, 5.74) is 8.04. The van der Waals surface area contributed by atoms with Gasteiger partial charge in [-0.1, -0.05) is 30.5 Å². The molecule has 1 aromatic heterocycles. The molecule has 0 aromatic carbocycles. The fourth-order valence-electron chi connectivity index (χ4n) is 2.17. The van der Waals surface area contributed by atoms with Gasteiger partial charge in [0.05, 0.1) is 0 Å². The molecule has 1 aromatic rings. The highest BCUT2D eigenvalue weighted by atomic mass is 35.5. The second-order valence-electron chi connectivity index (χ2n) is 4.15. The molecule has 2 N–H and O–H groups in total. The first-order valence-corrected chi connectivity index (χ1v) is 5.42. The summed E-state index contributed by atoms with van der Waals surface area (Å²) in [6.45, 7) is 1.94. The maximum atomic E-state index is 6.31. The fourth-order valence-corrected chi connectivity index (χ4v) is 2.56. The Labute approximate surface area is 89.5 Å². The normalized spacial score (nSPS) is 19.9. The molecule has 1 heterocycles. The Morgan fingerprint density at radius 2 is 2.00 bits per heavy atom. The number of nitrogens with zero attached hydrogens (tertiary/aromatic N) is 1. The third-order valence-corrected chi connectivity index (χ3v) is 3.31. The topological polar surface area (TPSA) is 38.9 Å². The van der Waals surface area contributed by atoms with Crippen LogP contribution >= 0.6 is 11.6 Å². The van der Waals surface area contributed by atoms with Gasteiger partial charge in [-0.05, 0) is 25.8 Å². The monoisotopic (exact) mass is 210 g/mol. The van der Waals surface area contributed by atoms with Crippen LogP contribution in [0.5, 0.6) is 0 Å². The van der Waals surface area contributed by atoms with Crippen molar-refractivity contribution in [1.82, 2.24) is 4.98 Å². The van der Waals surface area contributed by atoms with E-state index in [0.29, 0.717) is 5.15 Å². The molecular weight excluding hydrogens is 196 g/mol. The SMILES string of the molecule is Cc1ccc(C2(N)CCCC2)c(Cl)n1. The average molecular weight is 211 g/mol. The number of hydrogen-bond donors (Lipinski definition) is 1. The number of hydrogen-bond acceptors (Lipinski definition) is 2. The Bertz CT molecular complexity index is 343. The summed E-state index contributed by atoms with van der Waals surface area (Å²) in [4.78, 5) is 4.25. The maximum absolute atomic E-state index is 6.31. The van der Waals surface area contributed by atoms with Gasteiger partial charge in [-0.3, -0.25) is 0 Å². The van der Waals surface area contributed by atoms with Gasteiger partial charge < -0.3 is 5.73 Å². The molecule has 0 unspecified atom stereocenters. The van der Waals surface area contributed by atoms with Gasteiger partial charge >= 0.3 is 0 Å². The number of nitrogens with two attached hydrogens (primary N) is 1. The van der Waals surface area contributed by atoms with E-state index in [1.54, 1.807) is 0 Å². The number of aromatic nitrogens is 1. The van der Waals surface area contributed by atoms with Crippen molar-refractivity contribution in [2.24, 2.45) is 5.73 Å². The van der Waals surface area contributed by atoms with E-state index in [1.807, 2.05) is 19.1 Å². The zero-order chi connectivity index (χ0) is 10.2. The summed E-state index contributed by atoms with van der Waals surface area (Å²) in [5.74, 6) is 0. The Morgan fingerprint density at radius 1 is 1.36 bits per heavy atom. The lowest BCUT2D eigenvalue weighted by Crippen LogP contribution is -2.33. The van der Waals surface area contributed by atoms with E-state index in [1.165, 1.54) is 12.8 Å². The van der Waals surface area contributed by atoms with Gasteiger partial charge in [0.15, 0.2) is 0 Å². The van der Waals surface area contributed by atoms with Gasteiger partial charge in [0.25, 0.3) is 0 Å². The smallest absolute Gasteiger partial charge is 0.134 e. The molecule has 0 radical (unpaired) electrons. The summed E-state index contributed by atoms with van der Waals surface area (Å²) in [5, 5.41) is 0.578. The van der Waals surface area contributed by atoms with E-state index in [0.717, 1.165) is 24.1 Å². The van der Waals surface area contributed by atoms with E-state index in [-0.39, 0.29) is 5.54 Å². The third kappa shape index (κ3) is 1.64. The van der Waals surface area contributed by atoms with Gasteiger partial charge in [0, 0.05) is 16.8 Å². The first kappa shape index (κ1) is 9.94. The predicted molar refractivity (Wildman–Crippen MR) is 58.3 cm³/mol. The van der Waals surface area contributed by atoms with Crippen LogP contribution in [0.25, 0.3) is 0 Å². The van der Waals surface area contributed by atoms with Crippen molar-refractivity contribution < 1.29 is 0 Å². The number of pyridine rings is 1. The largest absolute Gasteiger partial charge is 0.321 e. The Kier molecular flexibility index (Phi) is 2.50. The van der Waals surface area contributed by atoms with Crippen molar-refractivity contribution in [2.45, 2.75) is 38.1 Å². The summed E-state index contributed by atoms with van der Waals surface area (Å²) in [6, 6.07) is 4.00. The van der Waals surface area contributed by atoms with E-state index < -0.39 is 0 Å². The van der Waals surface area contributed by atoms with E-state index in [9.17, 15) is 0 Å². The fraction of sp³-hybridized carbons (Fsp3) is 0.545. The van der Waals surface area contributed by atoms with Gasteiger partial charge in [-0.2, -0.15) is 0 Å². The third-order valence-electron chi connectivity index (χ3n) is 3.02. The van der Waals surface area contributed by atoms with Gasteiger partial charge in [-0.15, -0.1) is 0 Å². The highest BCUT2D eigenvalue weighted by Crippen LogP contribution is 2.38. The van der Waals surface area contributed by atoms with Crippen LogP contribution in [0.15, 0.2) is 12.1 Å². The van der Waals surface area contributed by atoms with Crippen molar-refractivity contribution in [3.05, 3.63) is 28.5 Å². The van der Waals surface area contributed by atoms with Crippen molar-refractivity contribution in [2.75, 3.05) is 0 Å². The Morgan fingerprint density at radius 3 is 2.57 bits per heavy atom. The summed E-state index contributed by atoms with van der Waals surface area (Å²) >= 11 is 6.11. The zero-order valence-corrected chi connectivity index (χ0v) is 9.14. The molecule has 3 heteroatoms. The molecule has 14 heavy (non-hydrogen) atoms. The Balaban J connectivity index is 2.40. The molecule has 0 aliphatic heterocycles. The molecule has 0 spiro atoms. The summed E-state index contributed by atoms with van der Waals surface area (Å²) in [6.07, 6.45) is 4.44. The van der Waals surface area contributed by atoms with Crippen molar-refractivity contribution >= 4 is 11.6 Å². The quantitative estimate of drug-likeness (QED) is 0.724. The molecule has 1 aliphatic rings. The van der Waals surface area contributed by atoms with Crippen LogP contribution in [-0.2, 0) is 5.54 Å². The van der Waals surface area contributed by atoms with Crippen molar-refractivity contribution in [3.8, 4) is 0 Å². The van der Waals surface area contributed by atoms with Crippen LogP contribution in [0.3, 0.4) is 0 Å². The molecule has 2 rings (SSSR count). The average Bonchev–Trinajstić information content (AvgIpc) is 2.52. The van der Waals surface area contributed by atoms with Crippen molar-refractivity contribution in [1.29, 1.82) is 0 Å². The molecule has 2 nitrogen and oxygen atoms in total. The predicted octanol–water partition coefficient (Wildman–Crippen LogP) is 2.77. The van der Waals surface area contributed by atoms with Crippen LogP contribution in [0.2, 0.25) is 5.15 Å². The zero-order valence-electron chi connectivity index (χ0n) is 8.39. The molecule has 0 atom stereocenters. The minimum atomic E-state index is -0.224. The highest BCUT2D eigenvalue weighted by Gasteiger charge is 2.33. The Hall–Kier alpha value is -0.600. The van der Waals surface area contributed by atoms with Crippen LogP contribution in [0.4, 0.5) is 0 Å². The van der Waals surface area contributed by atoms with Crippen LogP contribution in [-0.4, -0.2) is 4.98 Å². The lowest BCUT2D eigenvalue weighted by atomic mass is 9.90. The molecule has 76 valence electrons. The van der Waals surface area contributed by atoms with E-state index in [2.05, 4.69) is 4.98 Å². The van der Waals surface area contributed by atoms with Crippen molar-refractivity contribution in [3.63, 3.8) is 0 Å². The maximum Gasteiger partial charge on any atom is 0.134 e. The summed E-state index contributed by atoms with van der Waals surface area (Å²) < 4.78 is 0. The molecule has 0 saturated heterocycles. The van der Waals surface area contributed by atoms with Gasteiger partial charge in [-0.25, -0.2) is 4.98 Å². The first-order chi connectivity index (χ1) is 6.62. The number of rotatable bonds is 1. The summed E-state index contributed by atoms with van der Waals surface area (Å²) in [7, 11) is 0. The number of aryl methyl sites for hydroxylation is 1. The minimum absolute atomic E-state index is 0.224. The number of halogens is 1. The molecule has 1 fully saturated rings. The second kappa shape index (κ2) is 3.52. The van der Waals surface area contributed by atoms with Crippen LogP contribution in [0, 0.1) is 6.92 Å². The van der Waals surface area contributed by atoms with Crippen LogP contribution < -0.4 is 5.73 Å². The van der Waals surface area contributed by atoms with Gasteiger partial charge in [0.2, 0.25) is 0 Å². The molecule has 0 bridgehead atoms. The molecular formula is C11H15ClN2. The van der Waals surface area contributed by atoms with Gasteiger partial charge in [0.1, 0.15) is 5.15 Å². The highest BCUT2D eigenvalue weighted by molar-refractivity contribution is 6.30. The van der Waals surface area contributed by atoms with Crippen LogP contribution in [0.1, 0.15) is 36.9 Å². The molecule has 1 aliphatic carbocycles. The van der Waals surface area contributed by atoms with E-state index >= 15 is 0 Å². The lowest BCUT2D eigenvalue weighted by Gasteiger charge is -2.24. The molecule has 0 amide bonds. The standard InChI is InChI=1S/C11H15ClN2/c1-8-4-5-9(10(12)14-8)11(13)6-2-3-7-11/h4-5H,2-3,6-7,13H2,1H3. The second-order valence-corrected chi connectivity index (χ2v) is 4.51.